The van der Waals surface area contributed by atoms with Gasteiger partial charge in [-0.15, -0.1) is 0 Å². The fraction of sp³-hybridized carbons (Fsp3) is 0.333. The van der Waals surface area contributed by atoms with Crippen LogP contribution >= 0.6 is 0 Å². The first-order valence-corrected chi connectivity index (χ1v) is 5.42. The highest BCUT2D eigenvalue weighted by atomic mass is 16.2. The number of hydrogen-bond acceptors (Lipinski definition) is 3. The lowest BCUT2D eigenvalue weighted by molar-refractivity contribution is 0.0647. The number of nitrogens with two attached hydrogens (primary N) is 1. The van der Waals surface area contributed by atoms with E-state index in [-0.39, 0.29) is 11.8 Å². The zero-order valence-electron chi connectivity index (χ0n) is 8.77. The van der Waals surface area contributed by atoms with Crippen LogP contribution in [0.5, 0.6) is 0 Å². The Kier molecular flexibility index (Phi) is 1.80. The molecule has 0 spiro atoms. The molecule has 2 amide bonds. The lowest BCUT2D eigenvalue weighted by Gasteiger charge is -2.12. The Balaban J connectivity index is 1.98. The largest absolute Gasteiger partial charge is 0.399 e. The van der Waals surface area contributed by atoms with E-state index in [1.165, 1.54) is 4.90 Å². The maximum Gasteiger partial charge on any atom is 0.261 e. The Bertz CT molecular complexity index is 492. The lowest BCUT2D eigenvalue weighted by atomic mass is 10.1. The van der Waals surface area contributed by atoms with E-state index in [9.17, 15) is 9.59 Å². The molecule has 0 saturated heterocycles. The molecule has 1 fully saturated rings. The number of imide groups is 1. The molecule has 3 rings (SSSR count). The Morgan fingerprint density at radius 2 is 1.88 bits per heavy atom. The number of carbonyl (C=O) groups is 2. The van der Waals surface area contributed by atoms with Crippen LogP contribution in [0.4, 0.5) is 5.69 Å². The van der Waals surface area contributed by atoms with Crippen LogP contribution in [0, 0.1) is 5.92 Å². The second-order valence-corrected chi connectivity index (χ2v) is 4.47. The zero-order valence-corrected chi connectivity index (χ0v) is 8.77. The average Bonchev–Trinajstić information content (AvgIpc) is 3.04. The molecular formula is C12H12N2O2. The molecule has 0 atom stereocenters. The molecule has 1 aliphatic heterocycles. The Labute approximate surface area is 93.0 Å². The SMILES string of the molecule is Nc1ccc2c(c1)C(=O)N(CC1CC1)C2=O. The summed E-state index contributed by atoms with van der Waals surface area (Å²) in [7, 11) is 0. The van der Waals surface area contributed by atoms with Crippen LogP contribution in [0.3, 0.4) is 0 Å². The van der Waals surface area contributed by atoms with Gasteiger partial charge < -0.3 is 5.73 Å². The highest BCUT2D eigenvalue weighted by Crippen LogP contribution is 2.33. The zero-order chi connectivity index (χ0) is 11.3. The van der Waals surface area contributed by atoms with Gasteiger partial charge in [-0.1, -0.05) is 0 Å². The Morgan fingerprint density at radius 1 is 1.19 bits per heavy atom. The third-order valence-electron chi connectivity index (χ3n) is 3.13. The molecular weight excluding hydrogens is 204 g/mol. The number of amides is 2. The summed E-state index contributed by atoms with van der Waals surface area (Å²) in [5, 5.41) is 0. The molecule has 82 valence electrons. The summed E-state index contributed by atoms with van der Waals surface area (Å²) in [6.45, 7) is 0.562. The van der Waals surface area contributed by atoms with Gasteiger partial charge in [0.2, 0.25) is 0 Å². The number of hydrogen-bond donors (Lipinski definition) is 1. The van der Waals surface area contributed by atoms with Gasteiger partial charge in [0.15, 0.2) is 0 Å². The number of benzene rings is 1. The second kappa shape index (κ2) is 3.07. The molecule has 2 aliphatic rings. The van der Waals surface area contributed by atoms with Gasteiger partial charge in [-0.05, 0) is 37.0 Å². The number of carbonyl (C=O) groups excluding carboxylic acids is 2. The molecule has 1 aliphatic carbocycles. The van der Waals surface area contributed by atoms with Crippen molar-refractivity contribution in [1.29, 1.82) is 0 Å². The summed E-state index contributed by atoms with van der Waals surface area (Å²) in [4.78, 5) is 25.3. The van der Waals surface area contributed by atoms with Crippen molar-refractivity contribution in [2.24, 2.45) is 5.92 Å². The van der Waals surface area contributed by atoms with Gasteiger partial charge in [0, 0.05) is 12.2 Å². The summed E-state index contributed by atoms with van der Waals surface area (Å²) >= 11 is 0. The van der Waals surface area contributed by atoms with Crippen molar-refractivity contribution >= 4 is 17.5 Å². The number of rotatable bonds is 2. The minimum absolute atomic E-state index is 0.174. The van der Waals surface area contributed by atoms with Crippen molar-refractivity contribution in [3.63, 3.8) is 0 Å². The van der Waals surface area contributed by atoms with Crippen molar-refractivity contribution in [3.05, 3.63) is 29.3 Å². The average molecular weight is 216 g/mol. The molecule has 4 nitrogen and oxygen atoms in total. The Hall–Kier alpha value is -1.84. The number of anilines is 1. The van der Waals surface area contributed by atoms with Crippen LogP contribution in [0.2, 0.25) is 0 Å². The van der Waals surface area contributed by atoms with E-state index in [0.717, 1.165) is 12.8 Å². The van der Waals surface area contributed by atoms with Gasteiger partial charge in [-0.2, -0.15) is 0 Å². The van der Waals surface area contributed by atoms with Crippen molar-refractivity contribution in [2.75, 3.05) is 12.3 Å². The van der Waals surface area contributed by atoms with Crippen LogP contribution in [-0.4, -0.2) is 23.3 Å². The number of nitrogen functional groups attached to an aromatic ring is 1. The summed E-state index contributed by atoms with van der Waals surface area (Å²) in [5.74, 6) is 0.144. The normalized spacial score (nSPS) is 19.1. The number of nitrogens with zero attached hydrogens (tertiary/aromatic N) is 1. The lowest BCUT2D eigenvalue weighted by Crippen LogP contribution is -2.31. The second-order valence-electron chi connectivity index (χ2n) is 4.47. The van der Waals surface area contributed by atoms with E-state index in [2.05, 4.69) is 0 Å². The van der Waals surface area contributed by atoms with E-state index in [0.29, 0.717) is 29.3 Å². The van der Waals surface area contributed by atoms with E-state index >= 15 is 0 Å². The molecule has 4 heteroatoms. The first-order chi connectivity index (χ1) is 7.66. The fourth-order valence-corrected chi connectivity index (χ4v) is 2.03. The maximum absolute atomic E-state index is 12.0. The van der Waals surface area contributed by atoms with Gasteiger partial charge in [-0.25, -0.2) is 0 Å². The molecule has 0 unspecified atom stereocenters. The van der Waals surface area contributed by atoms with Crippen molar-refractivity contribution in [3.8, 4) is 0 Å². The molecule has 0 aromatic heterocycles. The topological polar surface area (TPSA) is 63.4 Å². The van der Waals surface area contributed by atoms with Crippen LogP contribution < -0.4 is 5.73 Å². The predicted molar refractivity (Wildman–Crippen MR) is 58.9 cm³/mol. The molecule has 1 heterocycles. The van der Waals surface area contributed by atoms with E-state index in [4.69, 9.17) is 5.73 Å². The quantitative estimate of drug-likeness (QED) is 0.598. The van der Waals surface area contributed by atoms with Crippen molar-refractivity contribution in [2.45, 2.75) is 12.8 Å². The van der Waals surface area contributed by atoms with E-state index < -0.39 is 0 Å². The summed E-state index contributed by atoms with van der Waals surface area (Å²) in [5.41, 5.74) is 7.07. The molecule has 0 bridgehead atoms. The van der Waals surface area contributed by atoms with Gasteiger partial charge in [-0.3, -0.25) is 14.5 Å². The summed E-state index contributed by atoms with van der Waals surface area (Å²) < 4.78 is 0. The molecule has 1 saturated carbocycles. The third-order valence-corrected chi connectivity index (χ3v) is 3.13. The Morgan fingerprint density at radius 3 is 2.56 bits per heavy atom. The first-order valence-electron chi connectivity index (χ1n) is 5.42. The molecule has 0 radical (unpaired) electrons. The third kappa shape index (κ3) is 1.30. The van der Waals surface area contributed by atoms with E-state index in [1.807, 2.05) is 0 Å². The highest BCUT2D eigenvalue weighted by Gasteiger charge is 2.38. The maximum atomic E-state index is 12.0. The molecule has 1 aromatic rings. The van der Waals surface area contributed by atoms with Crippen LogP contribution in [0.25, 0.3) is 0 Å². The fourth-order valence-electron chi connectivity index (χ4n) is 2.03. The van der Waals surface area contributed by atoms with Gasteiger partial charge in [0.1, 0.15) is 0 Å². The van der Waals surface area contributed by atoms with Gasteiger partial charge >= 0.3 is 0 Å². The summed E-state index contributed by atoms with van der Waals surface area (Å²) in [6.07, 6.45) is 2.24. The van der Waals surface area contributed by atoms with Crippen molar-refractivity contribution < 1.29 is 9.59 Å². The van der Waals surface area contributed by atoms with Crippen LogP contribution in [0.1, 0.15) is 33.6 Å². The smallest absolute Gasteiger partial charge is 0.261 e. The minimum atomic E-state index is -0.195. The van der Waals surface area contributed by atoms with Gasteiger partial charge in [0.05, 0.1) is 11.1 Å². The van der Waals surface area contributed by atoms with E-state index in [1.54, 1.807) is 18.2 Å². The molecule has 2 N–H and O–H groups in total. The molecule has 16 heavy (non-hydrogen) atoms. The molecule has 1 aromatic carbocycles. The summed E-state index contributed by atoms with van der Waals surface area (Å²) in [6, 6.07) is 4.88. The predicted octanol–water partition coefficient (Wildman–Crippen LogP) is 1.27. The van der Waals surface area contributed by atoms with Crippen LogP contribution in [-0.2, 0) is 0 Å². The highest BCUT2D eigenvalue weighted by molar-refractivity contribution is 6.21. The van der Waals surface area contributed by atoms with Crippen LogP contribution in [0.15, 0.2) is 18.2 Å². The first kappa shape index (κ1) is 9.39. The monoisotopic (exact) mass is 216 g/mol. The van der Waals surface area contributed by atoms with Gasteiger partial charge in [0.25, 0.3) is 11.8 Å². The van der Waals surface area contributed by atoms with Crippen molar-refractivity contribution in [1.82, 2.24) is 4.90 Å². The minimum Gasteiger partial charge on any atom is -0.399 e. The standard InChI is InChI=1S/C12H12N2O2/c13-8-3-4-9-10(5-8)12(16)14(11(9)15)6-7-1-2-7/h3-5,7H,1-2,6,13H2. The number of fused-ring (bicyclic) bond motifs is 1.